The number of nitrogens with zero attached hydrogens (tertiary/aromatic N) is 1. The van der Waals surface area contributed by atoms with E-state index < -0.39 is 30.2 Å². The number of fused-ring (bicyclic) bond motifs is 7. The zero-order valence-electron chi connectivity index (χ0n) is 28.0. The van der Waals surface area contributed by atoms with E-state index in [-0.39, 0.29) is 11.5 Å². The lowest BCUT2D eigenvalue weighted by atomic mass is 9.85. The number of aromatic amines is 2. The molecule has 3 aliphatic rings. The van der Waals surface area contributed by atoms with E-state index >= 15 is 0 Å². The monoisotopic (exact) mass is 684 g/mol. The van der Waals surface area contributed by atoms with Gasteiger partial charge >= 0.3 is 0 Å². The minimum Gasteiger partial charge on any atom is -0.503 e. The van der Waals surface area contributed by atoms with Crippen molar-refractivity contribution in [3.8, 4) is 11.5 Å². The van der Waals surface area contributed by atoms with Crippen LogP contribution in [0, 0.1) is 0 Å². The average molecular weight is 685 g/mol. The summed E-state index contributed by atoms with van der Waals surface area (Å²) < 4.78 is 0. The highest BCUT2D eigenvalue weighted by Gasteiger charge is 2.49. The molecule has 2 aromatic heterocycles. The molecule has 0 aliphatic carbocycles. The normalized spacial score (nSPS) is 22.6. The van der Waals surface area contributed by atoms with Crippen LogP contribution in [0.25, 0.3) is 16.7 Å². The molecule has 1 fully saturated rings. The molecule has 5 atom stereocenters. The molecular formula is C44H36N4O4. The van der Waals surface area contributed by atoms with Crippen LogP contribution in [0.4, 0.5) is 0 Å². The Morgan fingerprint density at radius 2 is 1.10 bits per heavy atom. The second-order valence-electron chi connectivity index (χ2n) is 13.4. The molecule has 0 amide bonds. The van der Waals surface area contributed by atoms with Crippen molar-refractivity contribution in [2.75, 3.05) is 0 Å². The van der Waals surface area contributed by atoms with Gasteiger partial charge in [-0.2, -0.15) is 0 Å². The van der Waals surface area contributed by atoms with E-state index in [1.54, 1.807) is 0 Å². The first kappa shape index (κ1) is 31.8. The molecule has 8 heteroatoms. The Morgan fingerprint density at radius 3 is 1.73 bits per heavy atom. The number of hydrogen-bond donors (Lipinski definition) is 7. The van der Waals surface area contributed by atoms with Gasteiger partial charge in [-0.05, 0) is 46.5 Å². The SMILES string of the molecule is Oc1c2[nH]c(c1O)C(c1ccccc1)C1NC(C(c3ccccc3)=C3C=CC(=N3)C(c3ccccc3)=c3ccc([nH]3)=C2c2ccccc2)C(O)C1O. The van der Waals surface area contributed by atoms with Crippen molar-refractivity contribution in [3.63, 3.8) is 0 Å². The van der Waals surface area contributed by atoms with Crippen molar-refractivity contribution in [2.45, 2.75) is 30.2 Å². The van der Waals surface area contributed by atoms with E-state index in [0.717, 1.165) is 44.5 Å². The molecule has 256 valence electrons. The minimum atomic E-state index is -1.26. The number of aliphatic hydroxyl groups excluding tert-OH is 2. The Balaban J connectivity index is 1.41. The van der Waals surface area contributed by atoms with Gasteiger partial charge in [0.1, 0.15) is 6.10 Å². The van der Waals surface area contributed by atoms with Crippen LogP contribution in [0.2, 0.25) is 0 Å². The molecule has 0 radical (unpaired) electrons. The molecular weight excluding hydrogens is 649 g/mol. The molecule has 6 aromatic rings. The fourth-order valence-corrected chi connectivity index (χ4v) is 8.01. The highest BCUT2D eigenvalue weighted by Crippen LogP contribution is 2.46. The maximum absolute atomic E-state index is 12.0. The van der Waals surface area contributed by atoms with Gasteiger partial charge in [-0.15, -0.1) is 0 Å². The minimum absolute atomic E-state index is 0.307. The molecule has 3 aliphatic heterocycles. The lowest BCUT2D eigenvalue weighted by molar-refractivity contribution is 0.0318. The number of benzene rings is 4. The zero-order valence-corrected chi connectivity index (χ0v) is 28.0. The molecule has 4 aromatic carbocycles. The van der Waals surface area contributed by atoms with Gasteiger partial charge in [0.15, 0.2) is 11.5 Å². The Morgan fingerprint density at radius 1 is 0.538 bits per heavy atom. The van der Waals surface area contributed by atoms with Crippen molar-refractivity contribution in [1.29, 1.82) is 0 Å². The Kier molecular flexibility index (Phi) is 7.85. The third-order valence-electron chi connectivity index (χ3n) is 10.4. The summed E-state index contributed by atoms with van der Waals surface area (Å²) in [6.07, 6.45) is 1.46. The number of nitrogens with one attached hydrogen (secondary N) is 3. The van der Waals surface area contributed by atoms with E-state index in [9.17, 15) is 20.4 Å². The highest BCUT2D eigenvalue weighted by atomic mass is 16.3. The van der Waals surface area contributed by atoms with E-state index in [4.69, 9.17) is 4.99 Å². The molecule has 5 heterocycles. The van der Waals surface area contributed by atoms with Crippen molar-refractivity contribution in [2.24, 2.45) is 4.99 Å². The van der Waals surface area contributed by atoms with Gasteiger partial charge in [0, 0.05) is 39.4 Å². The summed E-state index contributed by atoms with van der Waals surface area (Å²) in [7, 11) is 0. The van der Waals surface area contributed by atoms with Gasteiger partial charge in [-0.25, -0.2) is 4.99 Å². The van der Waals surface area contributed by atoms with Gasteiger partial charge in [0.25, 0.3) is 0 Å². The molecule has 5 unspecified atom stereocenters. The van der Waals surface area contributed by atoms with Crippen molar-refractivity contribution >= 4 is 22.4 Å². The van der Waals surface area contributed by atoms with E-state index in [1.165, 1.54) is 0 Å². The molecule has 8 nitrogen and oxygen atoms in total. The van der Waals surface area contributed by atoms with Crippen molar-refractivity contribution in [1.82, 2.24) is 15.3 Å². The first-order valence-corrected chi connectivity index (χ1v) is 17.4. The summed E-state index contributed by atoms with van der Waals surface area (Å²) in [4.78, 5) is 12.3. The third-order valence-corrected chi connectivity index (χ3v) is 10.4. The first-order chi connectivity index (χ1) is 25.5. The van der Waals surface area contributed by atoms with Crippen LogP contribution in [-0.2, 0) is 0 Å². The fraction of sp³-hybridized carbons (Fsp3) is 0.114. The molecule has 52 heavy (non-hydrogen) atoms. The van der Waals surface area contributed by atoms with Gasteiger partial charge in [0.2, 0.25) is 0 Å². The number of H-pyrrole nitrogens is 2. The van der Waals surface area contributed by atoms with Crippen LogP contribution in [-0.4, -0.2) is 60.4 Å². The number of rotatable bonds is 4. The number of aromatic nitrogens is 2. The summed E-state index contributed by atoms with van der Waals surface area (Å²) in [6.45, 7) is 0. The van der Waals surface area contributed by atoms with Gasteiger partial charge in [-0.1, -0.05) is 121 Å². The lowest BCUT2D eigenvalue weighted by Crippen LogP contribution is -2.40. The lowest BCUT2D eigenvalue weighted by Gasteiger charge is -2.27. The standard InChI is InChI=1S/C44H36N4O4/c49-41-37-34(26-15-7-2-8-16-26)31-23-21-29(45-31)33(25-13-5-1-6-14-25)30-22-24-32(46-30)35(27-17-9-3-10-18-27)38-42(50)44(52)40(48-38)36(39(47-37)43(41)51)28-19-11-4-12-20-28/h1-24,36-37,39,41,43,46-52H. The Labute approximate surface area is 299 Å². The van der Waals surface area contributed by atoms with E-state index in [1.807, 2.05) is 146 Å². The predicted octanol–water partition coefficient (Wildman–Crippen LogP) is 4.83. The number of hydrogen-bond acceptors (Lipinski definition) is 6. The van der Waals surface area contributed by atoms with Gasteiger partial charge in [-0.3, -0.25) is 0 Å². The van der Waals surface area contributed by atoms with Gasteiger partial charge in [0.05, 0.1) is 34.9 Å². The molecule has 9 rings (SSSR count). The third kappa shape index (κ3) is 5.24. The summed E-state index contributed by atoms with van der Waals surface area (Å²) >= 11 is 0. The van der Waals surface area contributed by atoms with Gasteiger partial charge < -0.3 is 35.7 Å². The maximum atomic E-state index is 12.0. The predicted molar refractivity (Wildman–Crippen MR) is 202 cm³/mol. The molecule has 0 spiro atoms. The maximum Gasteiger partial charge on any atom is 0.184 e. The summed E-state index contributed by atoms with van der Waals surface area (Å²) in [5.74, 6) is -1.35. The average Bonchev–Trinajstić information content (AvgIpc) is 3.98. The Bertz CT molecular complexity index is 2500. The first-order valence-electron chi connectivity index (χ1n) is 17.4. The van der Waals surface area contributed by atoms with Crippen LogP contribution >= 0.6 is 0 Å². The van der Waals surface area contributed by atoms with Crippen LogP contribution in [0.1, 0.15) is 39.6 Å². The van der Waals surface area contributed by atoms with Crippen LogP contribution in [0.15, 0.2) is 156 Å². The van der Waals surface area contributed by atoms with Crippen LogP contribution in [0.3, 0.4) is 0 Å². The van der Waals surface area contributed by atoms with Crippen LogP contribution < -0.4 is 16.0 Å². The topological polar surface area (TPSA) is 137 Å². The zero-order chi connectivity index (χ0) is 35.3. The summed E-state index contributed by atoms with van der Waals surface area (Å²) in [5, 5.41) is 52.6. The number of aliphatic hydroxyl groups is 2. The van der Waals surface area contributed by atoms with Crippen molar-refractivity contribution in [3.05, 3.63) is 196 Å². The second-order valence-corrected chi connectivity index (χ2v) is 13.4. The smallest absolute Gasteiger partial charge is 0.184 e. The fourth-order valence-electron chi connectivity index (χ4n) is 8.01. The molecule has 8 bridgehead atoms. The molecule has 1 saturated heterocycles. The quantitative estimate of drug-likeness (QED) is 0.143. The van der Waals surface area contributed by atoms with E-state index in [0.29, 0.717) is 28.0 Å². The number of aromatic hydroxyl groups is 2. The van der Waals surface area contributed by atoms with E-state index in [2.05, 4.69) is 15.3 Å². The largest absolute Gasteiger partial charge is 0.503 e. The number of allylic oxidation sites excluding steroid dienone is 2. The van der Waals surface area contributed by atoms with Crippen molar-refractivity contribution < 1.29 is 20.4 Å². The summed E-state index contributed by atoms with van der Waals surface area (Å²) in [6, 6.07) is 41.5. The molecule has 7 N–H and O–H groups in total. The highest BCUT2D eigenvalue weighted by molar-refractivity contribution is 6.30. The second kappa shape index (κ2) is 12.9. The van der Waals surface area contributed by atoms with Crippen LogP contribution in [0.5, 0.6) is 11.5 Å². The molecule has 0 saturated carbocycles. The Hall–Kier alpha value is -6.19. The summed E-state index contributed by atoms with van der Waals surface area (Å²) in [5.41, 5.74) is 7.64. The number of aliphatic imine (C=N–C) groups is 1.